The molecule has 2 unspecified atom stereocenters. The summed E-state index contributed by atoms with van der Waals surface area (Å²) < 4.78 is 6.59. The number of phenols is 1. The van der Waals surface area contributed by atoms with E-state index in [4.69, 9.17) is 4.74 Å². The van der Waals surface area contributed by atoms with Crippen LogP contribution in [0.2, 0.25) is 0 Å². The summed E-state index contributed by atoms with van der Waals surface area (Å²) in [5.74, 6) is 1.52. The number of benzene rings is 2. The molecule has 1 aliphatic rings. The zero-order chi connectivity index (χ0) is 18.7. The Morgan fingerprint density at radius 2 is 1.44 bits per heavy atom. The summed E-state index contributed by atoms with van der Waals surface area (Å²) >= 11 is 0. The molecule has 2 aromatic carbocycles. The minimum absolute atomic E-state index is 0.0344. The molecular formula is C23H30O2. The van der Waals surface area contributed by atoms with Crippen LogP contribution in [0.4, 0.5) is 0 Å². The molecule has 2 heteroatoms. The molecule has 0 radical (unpaired) electrons. The van der Waals surface area contributed by atoms with E-state index in [9.17, 15) is 5.11 Å². The van der Waals surface area contributed by atoms with Crippen LogP contribution in [0.5, 0.6) is 11.5 Å². The number of rotatable bonds is 1. The molecule has 134 valence electrons. The second-order valence-corrected chi connectivity index (χ2v) is 8.40. The summed E-state index contributed by atoms with van der Waals surface area (Å²) in [5.41, 5.74) is 8.31. The van der Waals surface area contributed by atoms with Gasteiger partial charge in [-0.25, -0.2) is 0 Å². The normalized spacial score (nSPS) is 21.6. The summed E-state index contributed by atoms with van der Waals surface area (Å²) in [5, 5.41) is 10.3. The average Bonchev–Trinajstić information content (AvgIpc) is 2.52. The smallest absolute Gasteiger partial charge is 0.130 e. The van der Waals surface area contributed by atoms with E-state index in [2.05, 4.69) is 60.6 Å². The summed E-state index contributed by atoms with van der Waals surface area (Å²) in [6.07, 6.45) is -0.0344. The van der Waals surface area contributed by atoms with Crippen molar-refractivity contribution in [3.63, 3.8) is 0 Å². The molecule has 1 N–H and O–H groups in total. The molecule has 1 heterocycles. The maximum absolute atomic E-state index is 10.3. The van der Waals surface area contributed by atoms with Crippen LogP contribution >= 0.6 is 0 Å². The van der Waals surface area contributed by atoms with Crippen LogP contribution in [-0.2, 0) is 0 Å². The van der Waals surface area contributed by atoms with Crippen LogP contribution in [-0.4, -0.2) is 5.11 Å². The molecule has 0 bridgehead atoms. The van der Waals surface area contributed by atoms with Crippen molar-refractivity contribution in [1.29, 1.82) is 0 Å². The van der Waals surface area contributed by atoms with Gasteiger partial charge in [-0.1, -0.05) is 32.9 Å². The second kappa shape index (κ2) is 5.79. The van der Waals surface area contributed by atoms with Crippen molar-refractivity contribution in [2.24, 2.45) is 5.41 Å². The molecule has 0 saturated carbocycles. The van der Waals surface area contributed by atoms with Gasteiger partial charge in [0.1, 0.15) is 17.6 Å². The van der Waals surface area contributed by atoms with Gasteiger partial charge in [-0.15, -0.1) is 0 Å². The van der Waals surface area contributed by atoms with E-state index in [0.29, 0.717) is 11.7 Å². The Balaban J connectivity index is 2.21. The minimum atomic E-state index is -0.0463. The lowest BCUT2D eigenvalue weighted by Crippen LogP contribution is -2.37. The van der Waals surface area contributed by atoms with Crippen molar-refractivity contribution in [3.8, 4) is 11.5 Å². The van der Waals surface area contributed by atoms with E-state index in [1.165, 1.54) is 27.8 Å². The zero-order valence-electron chi connectivity index (χ0n) is 16.7. The number of phenolic OH excluding ortho intramolecular Hbond substituents is 1. The van der Waals surface area contributed by atoms with Crippen LogP contribution in [0.3, 0.4) is 0 Å². The number of ether oxygens (including phenoxy) is 1. The quantitative estimate of drug-likeness (QED) is 0.671. The first kappa shape index (κ1) is 17.8. The predicted molar refractivity (Wildman–Crippen MR) is 104 cm³/mol. The highest BCUT2D eigenvalue weighted by molar-refractivity contribution is 5.56. The number of fused-ring (bicyclic) bond motifs is 1. The Hall–Kier alpha value is -1.96. The first-order chi connectivity index (χ1) is 11.6. The SMILES string of the molecule is Cc1cc(C2Oc3c(C)c(O)cc(C)c3C(C)C2(C)C)cc(C)c1C. The number of aromatic hydroxyl groups is 1. The molecule has 0 saturated heterocycles. The molecule has 2 nitrogen and oxygen atoms in total. The van der Waals surface area contributed by atoms with Gasteiger partial charge >= 0.3 is 0 Å². The molecular weight excluding hydrogens is 308 g/mol. The average molecular weight is 338 g/mol. The third kappa shape index (κ3) is 2.63. The standard InChI is InChI=1S/C23H30O2/c1-12-9-18(10-13(2)15(12)4)22-23(7,8)17(6)20-14(3)11-19(24)16(5)21(20)25-22/h9-11,17,22,24H,1-8H3. The second-order valence-electron chi connectivity index (χ2n) is 8.40. The fourth-order valence-corrected chi connectivity index (χ4v) is 4.17. The van der Waals surface area contributed by atoms with Crippen molar-refractivity contribution in [1.82, 2.24) is 0 Å². The van der Waals surface area contributed by atoms with Gasteiger partial charge in [0, 0.05) is 16.5 Å². The molecule has 0 fully saturated rings. The Morgan fingerprint density at radius 3 is 2.00 bits per heavy atom. The van der Waals surface area contributed by atoms with Gasteiger partial charge in [-0.05, 0) is 74.4 Å². The highest BCUT2D eigenvalue weighted by Gasteiger charge is 2.45. The van der Waals surface area contributed by atoms with Crippen LogP contribution < -0.4 is 4.74 Å². The molecule has 0 amide bonds. The van der Waals surface area contributed by atoms with Crippen LogP contribution in [0, 0.1) is 40.0 Å². The fourth-order valence-electron chi connectivity index (χ4n) is 4.17. The molecule has 2 aromatic rings. The molecule has 0 spiro atoms. The molecule has 0 aliphatic carbocycles. The summed E-state index contributed by atoms with van der Waals surface area (Å²) in [6, 6.07) is 6.39. The summed E-state index contributed by atoms with van der Waals surface area (Å²) in [4.78, 5) is 0. The lowest BCUT2D eigenvalue weighted by atomic mass is 9.67. The molecule has 2 atom stereocenters. The van der Waals surface area contributed by atoms with E-state index in [1.54, 1.807) is 0 Å². The van der Waals surface area contributed by atoms with Gasteiger partial charge in [-0.2, -0.15) is 0 Å². The van der Waals surface area contributed by atoms with Crippen LogP contribution in [0.25, 0.3) is 0 Å². The van der Waals surface area contributed by atoms with E-state index >= 15 is 0 Å². The lowest BCUT2D eigenvalue weighted by molar-refractivity contribution is 0.0305. The number of hydrogen-bond donors (Lipinski definition) is 1. The van der Waals surface area contributed by atoms with E-state index in [-0.39, 0.29) is 11.5 Å². The van der Waals surface area contributed by atoms with Gasteiger partial charge < -0.3 is 9.84 Å². The predicted octanol–water partition coefficient (Wildman–Crippen LogP) is 6.20. The van der Waals surface area contributed by atoms with Gasteiger partial charge in [-0.3, -0.25) is 0 Å². The van der Waals surface area contributed by atoms with Crippen molar-refractivity contribution in [2.75, 3.05) is 0 Å². The Kier molecular flexibility index (Phi) is 4.14. The van der Waals surface area contributed by atoms with Crippen LogP contribution in [0.1, 0.15) is 71.7 Å². The maximum Gasteiger partial charge on any atom is 0.130 e. The Labute approximate surface area is 151 Å². The number of hydrogen-bond acceptors (Lipinski definition) is 2. The van der Waals surface area contributed by atoms with E-state index in [0.717, 1.165) is 16.9 Å². The maximum atomic E-state index is 10.3. The fraction of sp³-hybridized carbons (Fsp3) is 0.478. The van der Waals surface area contributed by atoms with Gasteiger partial charge in [0.05, 0.1) is 0 Å². The third-order valence-electron chi connectivity index (χ3n) is 6.46. The Morgan fingerprint density at radius 1 is 0.880 bits per heavy atom. The first-order valence-corrected chi connectivity index (χ1v) is 9.13. The molecule has 0 aromatic heterocycles. The van der Waals surface area contributed by atoms with Gasteiger partial charge in [0.2, 0.25) is 0 Å². The highest BCUT2D eigenvalue weighted by atomic mass is 16.5. The van der Waals surface area contributed by atoms with Crippen molar-refractivity contribution in [3.05, 3.63) is 57.1 Å². The van der Waals surface area contributed by atoms with E-state index < -0.39 is 0 Å². The topological polar surface area (TPSA) is 29.5 Å². The molecule has 1 aliphatic heterocycles. The summed E-state index contributed by atoms with van der Waals surface area (Å²) in [6.45, 7) is 17.4. The molecule has 3 rings (SSSR count). The van der Waals surface area contributed by atoms with E-state index in [1.807, 2.05) is 13.0 Å². The first-order valence-electron chi connectivity index (χ1n) is 9.13. The Bertz CT molecular complexity index is 823. The molecule has 25 heavy (non-hydrogen) atoms. The third-order valence-corrected chi connectivity index (χ3v) is 6.46. The van der Waals surface area contributed by atoms with Crippen molar-refractivity contribution in [2.45, 2.75) is 67.4 Å². The van der Waals surface area contributed by atoms with Gasteiger partial charge in [0.25, 0.3) is 0 Å². The summed E-state index contributed by atoms with van der Waals surface area (Å²) in [7, 11) is 0. The zero-order valence-corrected chi connectivity index (χ0v) is 16.7. The largest absolute Gasteiger partial charge is 0.508 e. The monoisotopic (exact) mass is 338 g/mol. The highest BCUT2D eigenvalue weighted by Crippen LogP contribution is 2.56. The lowest BCUT2D eigenvalue weighted by Gasteiger charge is -2.46. The van der Waals surface area contributed by atoms with Gasteiger partial charge in [0.15, 0.2) is 0 Å². The number of aryl methyl sites for hydroxylation is 3. The van der Waals surface area contributed by atoms with Crippen molar-refractivity contribution < 1.29 is 9.84 Å². The van der Waals surface area contributed by atoms with Crippen LogP contribution in [0.15, 0.2) is 18.2 Å². The van der Waals surface area contributed by atoms with Crippen molar-refractivity contribution >= 4 is 0 Å². The minimum Gasteiger partial charge on any atom is -0.508 e.